The molecule has 0 saturated carbocycles. The van der Waals surface area contributed by atoms with Gasteiger partial charge in [0.2, 0.25) is 0 Å². The van der Waals surface area contributed by atoms with E-state index in [0.717, 1.165) is 6.07 Å². The van der Waals surface area contributed by atoms with Crippen LogP contribution in [0.1, 0.15) is 35.5 Å². The molecule has 2 aromatic rings. The predicted molar refractivity (Wildman–Crippen MR) is 98.5 cm³/mol. The van der Waals surface area contributed by atoms with Gasteiger partial charge in [-0.25, -0.2) is 13.8 Å². The number of alkyl halides is 7. The van der Waals surface area contributed by atoms with Crippen molar-refractivity contribution in [2.45, 2.75) is 45.5 Å². The number of aromatic nitrogens is 1. The van der Waals surface area contributed by atoms with Crippen LogP contribution in [0.5, 0.6) is 5.75 Å². The molecule has 0 radical (unpaired) electrons. The second-order valence-corrected chi connectivity index (χ2v) is 6.92. The number of nitrogens with one attached hydrogen (secondary N) is 2. The van der Waals surface area contributed by atoms with Crippen LogP contribution in [0, 0.1) is 6.92 Å². The summed E-state index contributed by atoms with van der Waals surface area (Å²) in [5.41, 5.74) is -2.15. The summed E-state index contributed by atoms with van der Waals surface area (Å²) in [7, 11) is 0. The summed E-state index contributed by atoms with van der Waals surface area (Å²) in [4.78, 5) is 16.1. The second kappa shape index (κ2) is 8.85. The van der Waals surface area contributed by atoms with Crippen LogP contribution < -0.4 is 15.4 Å². The van der Waals surface area contributed by atoms with Crippen molar-refractivity contribution in [3.05, 3.63) is 35.0 Å². The summed E-state index contributed by atoms with van der Waals surface area (Å²) in [5.74, 6) is -4.44. The molecule has 1 aromatic carbocycles. The van der Waals surface area contributed by atoms with Crippen LogP contribution in [0.25, 0.3) is 10.9 Å². The van der Waals surface area contributed by atoms with Crippen LogP contribution in [0.2, 0.25) is 0 Å². The zero-order valence-corrected chi connectivity index (χ0v) is 15.4. The lowest BCUT2D eigenvalue weighted by molar-refractivity contribution is -0.136. The van der Waals surface area contributed by atoms with E-state index in [-0.39, 0.29) is 30.6 Å². The number of carbonyl (C=O) groups excluding carboxylic acids is 1. The highest BCUT2D eigenvalue weighted by Crippen LogP contribution is 2.38. The first-order valence-electron chi connectivity index (χ1n) is 8.72. The van der Waals surface area contributed by atoms with E-state index in [2.05, 4.69) is 20.4 Å². The molecule has 1 saturated heterocycles. The van der Waals surface area contributed by atoms with Crippen LogP contribution >= 0.6 is 0 Å². The summed E-state index contributed by atoms with van der Waals surface area (Å²) >= 11 is 0. The standard InChI is InChI=1S/C18H16F7N3O2.CH4/c1-8-2-13(15(29)26-6-9-5-17(21,22)7-27-9)28-14-11(8)3-10(30-16(19)20)4-12(14)18(23,24)25;/h2-4,9,16,27H,5-7H2,1H3,(H,26,29);1H4/t9-;/m1./s1. The van der Waals surface area contributed by atoms with Gasteiger partial charge in [-0.05, 0) is 30.7 Å². The molecule has 1 atom stereocenters. The Kier molecular flexibility index (Phi) is 7.03. The molecule has 1 aliphatic heterocycles. The number of amides is 1. The predicted octanol–water partition coefficient (Wildman–Crippen LogP) is 4.53. The Morgan fingerprint density at radius 3 is 2.55 bits per heavy atom. The lowest BCUT2D eigenvalue weighted by Crippen LogP contribution is -2.37. The number of pyridine rings is 1. The molecular weight excluding hydrogens is 435 g/mol. The Labute approximate surface area is 173 Å². The molecule has 1 aliphatic rings. The number of aryl methyl sites for hydroxylation is 1. The third-order valence-electron chi connectivity index (χ3n) is 4.56. The van der Waals surface area contributed by atoms with Crippen LogP contribution in [-0.4, -0.2) is 42.6 Å². The van der Waals surface area contributed by atoms with Gasteiger partial charge < -0.3 is 15.4 Å². The molecular formula is C19H20F7N3O2. The van der Waals surface area contributed by atoms with Gasteiger partial charge in [-0.2, -0.15) is 22.0 Å². The van der Waals surface area contributed by atoms with Gasteiger partial charge in [0.25, 0.3) is 11.8 Å². The molecule has 2 heterocycles. The average Bonchev–Trinajstić information content (AvgIpc) is 2.97. The first kappa shape index (κ1) is 24.6. The molecule has 1 amide bonds. The monoisotopic (exact) mass is 455 g/mol. The quantitative estimate of drug-likeness (QED) is 0.651. The van der Waals surface area contributed by atoms with Crippen molar-refractivity contribution in [3.8, 4) is 5.75 Å². The lowest BCUT2D eigenvalue weighted by atomic mass is 10.0. The number of hydrogen-bond donors (Lipinski definition) is 2. The van der Waals surface area contributed by atoms with Crippen LogP contribution in [0.3, 0.4) is 0 Å². The van der Waals surface area contributed by atoms with Gasteiger partial charge in [-0.1, -0.05) is 7.43 Å². The zero-order valence-electron chi connectivity index (χ0n) is 15.4. The first-order chi connectivity index (χ1) is 13.9. The molecule has 0 unspecified atom stereocenters. The molecule has 172 valence electrons. The van der Waals surface area contributed by atoms with Crippen LogP contribution in [-0.2, 0) is 6.18 Å². The van der Waals surface area contributed by atoms with E-state index < -0.39 is 60.5 Å². The number of hydrogen-bond acceptors (Lipinski definition) is 4. The molecule has 12 heteroatoms. The number of nitrogens with zero attached hydrogens (tertiary/aromatic N) is 1. The van der Waals surface area contributed by atoms with E-state index >= 15 is 0 Å². The van der Waals surface area contributed by atoms with Gasteiger partial charge in [0, 0.05) is 24.4 Å². The third kappa shape index (κ3) is 5.75. The third-order valence-corrected chi connectivity index (χ3v) is 4.56. The Bertz CT molecular complexity index is 964. The fourth-order valence-electron chi connectivity index (χ4n) is 3.22. The molecule has 0 spiro atoms. The van der Waals surface area contributed by atoms with Gasteiger partial charge in [-0.3, -0.25) is 4.79 Å². The maximum absolute atomic E-state index is 13.5. The summed E-state index contributed by atoms with van der Waals surface area (Å²) in [6.07, 6.45) is -5.43. The highest BCUT2D eigenvalue weighted by Gasteiger charge is 2.39. The smallest absolute Gasteiger partial charge is 0.418 e. The number of benzene rings is 1. The van der Waals surface area contributed by atoms with Crippen molar-refractivity contribution in [2.75, 3.05) is 13.1 Å². The normalized spacial score (nSPS) is 18.2. The number of ether oxygens (including phenoxy) is 1. The van der Waals surface area contributed by atoms with Crippen molar-refractivity contribution in [1.29, 1.82) is 0 Å². The molecule has 0 aliphatic carbocycles. The number of carbonyl (C=O) groups is 1. The highest BCUT2D eigenvalue weighted by molar-refractivity contribution is 5.97. The Balaban J connectivity index is 0.00000341. The Morgan fingerprint density at radius 2 is 2.00 bits per heavy atom. The minimum atomic E-state index is -4.95. The zero-order chi connectivity index (χ0) is 22.3. The summed E-state index contributed by atoms with van der Waals surface area (Å²) in [6, 6.07) is 1.85. The molecule has 3 rings (SSSR count). The highest BCUT2D eigenvalue weighted by atomic mass is 19.4. The first-order valence-corrected chi connectivity index (χ1v) is 8.72. The van der Waals surface area contributed by atoms with Crippen molar-refractivity contribution >= 4 is 16.8 Å². The molecule has 2 N–H and O–H groups in total. The van der Waals surface area contributed by atoms with Gasteiger partial charge in [0.1, 0.15) is 11.4 Å². The largest absolute Gasteiger partial charge is 0.435 e. The Morgan fingerprint density at radius 1 is 1.32 bits per heavy atom. The fraction of sp³-hybridized carbons (Fsp3) is 0.474. The SMILES string of the molecule is C.Cc1cc(C(=O)NC[C@H]2CC(F)(F)CN2)nc2c(C(F)(F)F)cc(OC(F)F)cc12. The van der Waals surface area contributed by atoms with Gasteiger partial charge >= 0.3 is 12.8 Å². The van der Waals surface area contributed by atoms with Crippen molar-refractivity contribution in [1.82, 2.24) is 15.6 Å². The number of rotatable bonds is 5. The lowest BCUT2D eigenvalue weighted by Gasteiger charge is -2.16. The maximum Gasteiger partial charge on any atom is 0.418 e. The van der Waals surface area contributed by atoms with E-state index in [0.29, 0.717) is 6.07 Å². The average molecular weight is 455 g/mol. The van der Waals surface area contributed by atoms with E-state index in [9.17, 15) is 35.5 Å². The summed E-state index contributed by atoms with van der Waals surface area (Å²) < 4.78 is 95.8. The molecule has 1 aromatic heterocycles. The number of halogens is 7. The molecule has 0 bridgehead atoms. The van der Waals surface area contributed by atoms with Gasteiger partial charge in [0.05, 0.1) is 17.6 Å². The minimum Gasteiger partial charge on any atom is -0.435 e. The second-order valence-electron chi connectivity index (χ2n) is 6.92. The topological polar surface area (TPSA) is 63.2 Å². The van der Waals surface area contributed by atoms with Gasteiger partial charge in [0.15, 0.2) is 0 Å². The number of fused-ring (bicyclic) bond motifs is 1. The van der Waals surface area contributed by atoms with Crippen molar-refractivity contribution in [3.63, 3.8) is 0 Å². The minimum absolute atomic E-state index is 0. The van der Waals surface area contributed by atoms with E-state index in [4.69, 9.17) is 0 Å². The van der Waals surface area contributed by atoms with Crippen molar-refractivity contribution in [2.24, 2.45) is 0 Å². The molecule has 5 nitrogen and oxygen atoms in total. The van der Waals surface area contributed by atoms with Crippen LogP contribution in [0.4, 0.5) is 30.7 Å². The Hall–Kier alpha value is -2.63. The van der Waals surface area contributed by atoms with Crippen molar-refractivity contribution < 1.29 is 40.3 Å². The van der Waals surface area contributed by atoms with Crippen LogP contribution in [0.15, 0.2) is 18.2 Å². The van der Waals surface area contributed by atoms with E-state index in [1.54, 1.807) is 0 Å². The maximum atomic E-state index is 13.5. The summed E-state index contributed by atoms with van der Waals surface area (Å²) in [6.45, 7) is -2.63. The van der Waals surface area contributed by atoms with E-state index in [1.807, 2.05) is 0 Å². The van der Waals surface area contributed by atoms with Gasteiger partial charge in [-0.15, -0.1) is 0 Å². The fourth-order valence-corrected chi connectivity index (χ4v) is 3.22. The summed E-state index contributed by atoms with van der Waals surface area (Å²) in [5, 5.41) is 4.78. The van der Waals surface area contributed by atoms with E-state index in [1.165, 1.54) is 13.0 Å². The molecule has 31 heavy (non-hydrogen) atoms. The molecule has 1 fully saturated rings.